The number of allylic oxidation sites excluding steroid dienone is 7. The Kier molecular flexibility index (Phi) is 37.9. The average molecular weight is 797 g/mol. The fourth-order valence-corrected chi connectivity index (χ4v) is 6.69. The lowest BCUT2D eigenvalue weighted by Crippen LogP contribution is -2.37. The average Bonchev–Trinajstić information content (AvgIpc) is 3.13. The van der Waals surface area contributed by atoms with Gasteiger partial charge in [0.15, 0.2) is 6.10 Å². The predicted octanol–water partition coefficient (Wildman–Crippen LogP) is 13.5. The maximum Gasteiger partial charge on any atom is 0.472 e. The molecule has 0 aliphatic heterocycles. The van der Waals surface area contributed by atoms with Gasteiger partial charge in [0, 0.05) is 6.42 Å². The molecule has 0 heterocycles. The van der Waals surface area contributed by atoms with Crippen molar-refractivity contribution >= 4 is 13.8 Å². The molecule has 0 fully saturated rings. The third-order valence-corrected chi connectivity index (χ3v) is 10.4. The molecular formula is C46H87NO7P+. The van der Waals surface area contributed by atoms with Gasteiger partial charge in [-0.05, 0) is 57.4 Å². The van der Waals surface area contributed by atoms with Crippen molar-refractivity contribution in [3.63, 3.8) is 0 Å². The molecule has 0 aromatic heterocycles. The Morgan fingerprint density at radius 3 is 1.51 bits per heavy atom. The monoisotopic (exact) mass is 797 g/mol. The van der Waals surface area contributed by atoms with Crippen LogP contribution in [0.25, 0.3) is 0 Å². The summed E-state index contributed by atoms with van der Waals surface area (Å²) in [5.41, 5.74) is 0. The SMILES string of the molecule is CCCCCCCC/C=C\C/C=C\C/C=C\CCCC(=O)O[C@H](CO/C=C\CCCCCCCCCCCCCCCC)COP(=O)(O)OCC[N+](C)(C)C. The van der Waals surface area contributed by atoms with E-state index in [4.69, 9.17) is 18.5 Å². The summed E-state index contributed by atoms with van der Waals surface area (Å²) in [6.45, 7) is 4.87. The van der Waals surface area contributed by atoms with Crippen LogP contribution in [0.1, 0.15) is 187 Å². The highest BCUT2D eigenvalue weighted by Gasteiger charge is 2.26. The van der Waals surface area contributed by atoms with E-state index in [1.807, 2.05) is 27.2 Å². The number of rotatable bonds is 41. The van der Waals surface area contributed by atoms with E-state index < -0.39 is 13.9 Å². The maximum absolute atomic E-state index is 12.7. The van der Waals surface area contributed by atoms with E-state index in [1.54, 1.807) is 6.26 Å². The number of nitrogens with zero attached hydrogens (tertiary/aromatic N) is 1. The largest absolute Gasteiger partial charge is 0.498 e. The molecule has 322 valence electrons. The van der Waals surface area contributed by atoms with Crippen LogP contribution in [-0.4, -0.2) is 69.0 Å². The van der Waals surface area contributed by atoms with E-state index in [0.29, 0.717) is 17.4 Å². The molecule has 0 aliphatic rings. The highest BCUT2D eigenvalue weighted by atomic mass is 31.2. The molecule has 9 heteroatoms. The first-order valence-corrected chi connectivity index (χ1v) is 23.9. The minimum Gasteiger partial charge on any atom is -0.498 e. The summed E-state index contributed by atoms with van der Waals surface area (Å²) in [5.74, 6) is -0.386. The van der Waals surface area contributed by atoms with Crippen molar-refractivity contribution in [2.45, 2.75) is 193 Å². The number of likely N-dealkylation sites (N-methyl/N-ethyl adjacent to an activating group) is 1. The van der Waals surface area contributed by atoms with E-state index in [9.17, 15) is 14.3 Å². The second-order valence-electron chi connectivity index (χ2n) is 16.1. The number of unbranched alkanes of at least 4 members (excludes halogenated alkanes) is 21. The molecule has 0 rings (SSSR count). The number of phosphoric acid groups is 1. The van der Waals surface area contributed by atoms with Crippen LogP contribution in [0.15, 0.2) is 48.8 Å². The van der Waals surface area contributed by atoms with E-state index in [-0.39, 0.29) is 32.2 Å². The predicted molar refractivity (Wildman–Crippen MR) is 233 cm³/mol. The van der Waals surface area contributed by atoms with Gasteiger partial charge in [0.25, 0.3) is 0 Å². The molecule has 1 unspecified atom stereocenters. The minimum atomic E-state index is -4.30. The fourth-order valence-electron chi connectivity index (χ4n) is 5.95. The third kappa shape index (κ3) is 43.3. The molecule has 55 heavy (non-hydrogen) atoms. The van der Waals surface area contributed by atoms with Gasteiger partial charge in [0.1, 0.15) is 19.8 Å². The van der Waals surface area contributed by atoms with Crippen molar-refractivity contribution in [2.75, 3.05) is 47.5 Å². The lowest BCUT2D eigenvalue weighted by atomic mass is 10.0. The van der Waals surface area contributed by atoms with Gasteiger partial charge in [-0.1, -0.05) is 166 Å². The molecule has 2 atom stereocenters. The van der Waals surface area contributed by atoms with Gasteiger partial charge in [0.2, 0.25) is 0 Å². The Morgan fingerprint density at radius 1 is 0.582 bits per heavy atom. The fraction of sp³-hybridized carbons (Fsp3) is 0.804. The zero-order chi connectivity index (χ0) is 40.6. The number of esters is 1. The van der Waals surface area contributed by atoms with E-state index >= 15 is 0 Å². The van der Waals surface area contributed by atoms with Crippen LogP contribution >= 0.6 is 7.82 Å². The minimum absolute atomic E-state index is 0.0281. The maximum atomic E-state index is 12.7. The van der Waals surface area contributed by atoms with Crippen molar-refractivity contribution in [1.29, 1.82) is 0 Å². The first-order valence-electron chi connectivity index (χ1n) is 22.4. The van der Waals surface area contributed by atoms with E-state index in [1.165, 1.54) is 128 Å². The Bertz CT molecular complexity index is 1020. The summed E-state index contributed by atoms with van der Waals surface area (Å²) < 4.78 is 34.7. The normalized spacial score (nSPS) is 14.1. The molecule has 0 spiro atoms. The standard InChI is InChI=1S/C46H86NO7P/c1-6-8-10-12-14-16-18-20-22-24-25-27-29-31-33-35-37-39-46(48)54-45(44-53-55(49,50)52-42-40-47(3,4)5)43-51-41-38-36-34-32-30-28-26-23-21-19-17-15-13-11-9-7-2/h20,22,25,27,31,33,38,41,45H,6-19,21,23-24,26,28-30,32,34-37,39-40,42-44H2,1-5H3/p+1/b22-20-,27-25-,33-31-,41-38-/t45-/m1/s1. The summed E-state index contributed by atoms with van der Waals surface area (Å²) in [4.78, 5) is 22.8. The van der Waals surface area contributed by atoms with Gasteiger partial charge in [-0.2, -0.15) is 0 Å². The summed E-state index contributed by atoms with van der Waals surface area (Å²) >= 11 is 0. The number of quaternary nitrogens is 1. The molecule has 0 radical (unpaired) electrons. The Balaban J connectivity index is 4.37. The Labute approximate surface area is 339 Å². The smallest absolute Gasteiger partial charge is 0.472 e. The number of carbonyl (C=O) groups excluding carboxylic acids is 1. The van der Waals surface area contributed by atoms with E-state index in [0.717, 1.165) is 32.1 Å². The van der Waals surface area contributed by atoms with Crippen LogP contribution < -0.4 is 0 Å². The summed E-state index contributed by atoms with van der Waals surface area (Å²) in [7, 11) is 1.60. The van der Waals surface area contributed by atoms with Gasteiger partial charge in [0.05, 0.1) is 34.0 Å². The molecule has 0 saturated carbocycles. The second kappa shape index (κ2) is 39.1. The van der Waals surface area contributed by atoms with Crippen molar-refractivity contribution in [2.24, 2.45) is 0 Å². The Hall–Kier alpha value is -1.70. The highest BCUT2D eigenvalue weighted by Crippen LogP contribution is 2.43. The van der Waals surface area contributed by atoms with Gasteiger partial charge >= 0.3 is 13.8 Å². The zero-order valence-electron chi connectivity index (χ0n) is 36.4. The van der Waals surface area contributed by atoms with Crippen LogP contribution in [0.4, 0.5) is 0 Å². The lowest BCUT2D eigenvalue weighted by Gasteiger charge is -2.24. The van der Waals surface area contributed by atoms with Crippen LogP contribution in [0.5, 0.6) is 0 Å². The van der Waals surface area contributed by atoms with Gasteiger partial charge in [-0.3, -0.25) is 13.8 Å². The molecule has 0 aromatic carbocycles. The molecular weight excluding hydrogens is 709 g/mol. The first-order chi connectivity index (χ1) is 26.6. The van der Waals surface area contributed by atoms with Crippen molar-refractivity contribution in [1.82, 2.24) is 0 Å². The Morgan fingerprint density at radius 2 is 1.02 bits per heavy atom. The first kappa shape index (κ1) is 53.3. The number of carbonyl (C=O) groups is 1. The number of hydrogen-bond acceptors (Lipinski definition) is 6. The summed E-state index contributed by atoms with van der Waals surface area (Å²) in [6.07, 6.45) is 48.2. The summed E-state index contributed by atoms with van der Waals surface area (Å²) in [5, 5.41) is 0. The third-order valence-electron chi connectivity index (χ3n) is 9.46. The molecule has 0 saturated heterocycles. The van der Waals surface area contributed by atoms with Crippen molar-refractivity contribution < 1.29 is 37.3 Å². The number of ether oxygens (including phenoxy) is 2. The van der Waals surface area contributed by atoms with Crippen LogP contribution in [0, 0.1) is 0 Å². The lowest BCUT2D eigenvalue weighted by molar-refractivity contribution is -0.870. The van der Waals surface area contributed by atoms with Crippen molar-refractivity contribution in [3.8, 4) is 0 Å². The second-order valence-corrected chi connectivity index (χ2v) is 17.6. The topological polar surface area (TPSA) is 91.3 Å². The highest BCUT2D eigenvalue weighted by molar-refractivity contribution is 7.47. The quantitative estimate of drug-likeness (QED) is 0.0164. The zero-order valence-corrected chi connectivity index (χ0v) is 37.3. The van der Waals surface area contributed by atoms with E-state index in [2.05, 4.69) is 50.3 Å². The molecule has 0 bridgehead atoms. The number of hydrogen-bond donors (Lipinski definition) is 1. The van der Waals surface area contributed by atoms with Crippen LogP contribution in [0.2, 0.25) is 0 Å². The molecule has 0 aromatic rings. The molecule has 0 amide bonds. The van der Waals surface area contributed by atoms with Crippen molar-refractivity contribution in [3.05, 3.63) is 48.8 Å². The molecule has 1 N–H and O–H groups in total. The molecule has 8 nitrogen and oxygen atoms in total. The van der Waals surface area contributed by atoms with Gasteiger partial charge < -0.3 is 18.9 Å². The summed E-state index contributed by atoms with van der Waals surface area (Å²) in [6, 6.07) is 0. The van der Waals surface area contributed by atoms with Gasteiger partial charge in [-0.15, -0.1) is 0 Å². The molecule has 0 aliphatic carbocycles. The van der Waals surface area contributed by atoms with Crippen LogP contribution in [0.3, 0.4) is 0 Å². The van der Waals surface area contributed by atoms with Crippen LogP contribution in [-0.2, 0) is 27.9 Å². The van der Waals surface area contributed by atoms with Gasteiger partial charge in [-0.25, -0.2) is 4.57 Å². The number of phosphoric ester groups is 1.